The lowest BCUT2D eigenvalue weighted by Crippen LogP contribution is -2.47. The van der Waals surface area contributed by atoms with E-state index >= 15 is 0 Å². The molecule has 26 heavy (non-hydrogen) atoms. The minimum atomic E-state index is 0. The molecule has 0 aromatic rings. The predicted molar refractivity (Wildman–Crippen MR) is 123 cm³/mol. The van der Waals surface area contributed by atoms with Crippen molar-refractivity contribution in [3.8, 4) is 0 Å². The molecule has 1 rings (SSSR count). The molecule has 7 heteroatoms. The summed E-state index contributed by atoms with van der Waals surface area (Å²) < 4.78 is 5.78. The summed E-state index contributed by atoms with van der Waals surface area (Å²) in [5.74, 6) is 0.899. The molecule has 1 aliphatic heterocycles. The van der Waals surface area contributed by atoms with Gasteiger partial charge >= 0.3 is 0 Å². The van der Waals surface area contributed by atoms with Crippen molar-refractivity contribution >= 4 is 29.9 Å². The van der Waals surface area contributed by atoms with Crippen LogP contribution in [0.15, 0.2) is 4.99 Å². The Kier molecular flexibility index (Phi) is 13.9. The molecule has 2 atom stereocenters. The highest BCUT2D eigenvalue weighted by Gasteiger charge is 2.21. The van der Waals surface area contributed by atoms with Gasteiger partial charge in [-0.2, -0.15) is 0 Å². The van der Waals surface area contributed by atoms with Crippen LogP contribution >= 0.6 is 24.0 Å². The summed E-state index contributed by atoms with van der Waals surface area (Å²) in [6, 6.07) is 1.13. The third kappa shape index (κ3) is 10.3. The Morgan fingerprint density at radius 2 is 1.62 bits per heavy atom. The van der Waals surface area contributed by atoms with Crippen molar-refractivity contribution in [1.82, 2.24) is 20.4 Å². The molecule has 0 aromatic carbocycles. The quantitative estimate of drug-likeness (QED) is 0.228. The molecular formula is C19H42IN5O. The van der Waals surface area contributed by atoms with E-state index in [1.807, 2.05) is 7.05 Å². The first-order valence-corrected chi connectivity index (χ1v) is 9.91. The Hall–Kier alpha value is -0.120. The van der Waals surface area contributed by atoms with Crippen LogP contribution < -0.4 is 10.6 Å². The third-order valence-electron chi connectivity index (χ3n) is 4.65. The van der Waals surface area contributed by atoms with Crippen LogP contribution in [0.4, 0.5) is 0 Å². The maximum absolute atomic E-state index is 5.78. The molecule has 0 amide bonds. The van der Waals surface area contributed by atoms with Crippen LogP contribution in [0.25, 0.3) is 0 Å². The summed E-state index contributed by atoms with van der Waals surface area (Å²) in [5.41, 5.74) is 0. The second kappa shape index (κ2) is 14.0. The zero-order valence-corrected chi connectivity index (χ0v) is 20.2. The van der Waals surface area contributed by atoms with Crippen LogP contribution in [-0.4, -0.2) is 86.4 Å². The average molecular weight is 483 g/mol. The molecule has 1 fully saturated rings. The van der Waals surface area contributed by atoms with E-state index in [1.54, 1.807) is 0 Å². The number of hydrogen-bond acceptors (Lipinski definition) is 4. The molecule has 2 N–H and O–H groups in total. The average Bonchev–Trinajstić information content (AvgIpc) is 2.51. The van der Waals surface area contributed by atoms with E-state index in [2.05, 4.69) is 67.0 Å². The van der Waals surface area contributed by atoms with E-state index in [-0.39, 0.29) is 24.0 Å². The van der Waals surface area contributed by atoms with Gasteiger partial charge in [-0.25, -0.2) is 0 Å². The van der Waals surface area contributed by atoms with E-state index in [0.29, 0.717) is 24.3 Å². The lowest BCUT2D eigenvalue weighted by molar-refractivity contribution is -0.0679. The van der Waals surface area contributed by atoms with Crippen LogP contribution in [0, 0.1) is 0 Å². The Morgan fingerprint density at radius 3 is 2.12 bits per heavy atom. The van der Waals surface area contributed by atoms with Crippen molar-refractivity contribution in [2.45, 2.75) is 72.3 Å². The summed E-state index contributed by atoms with van der Waals surface area (Å²) >= 11 is 0. The van der Waals surface area contributed by atoms with Gasteiger partial charge in [0.15, 0.2) is 5.96 Å². The Balaban J connectivity index is 0.00000625. The molecule has 1 aliphatic rings. The van der Waals surface area contributed by atoms with Gasteiger partial charge in [0, 0.05) is 58.4 Å². The van der Waals surface area contributed by atoms with Crippen molar-refractivity contribution in [3.63, 3.8) is 0 Å². The number of halogens is 1. The zero-order chi connectivity index (χ0) is 18.8. The van der Waals surface area contributed by atoms with Gasteiger partial charge in [-0.3, -0.25) is 14.8 Å². The summed E-state index contributed by atoms with van der Waals surface area (Å²) in [5, 5.41) is 6.85. The van der Waals surface area contributed by atoms with Crippen LogP contribution in [-0.2, 0) is 4.74 Å². The highest BCUT2D eigenvalue weighted by molar-refractivity contribution is 14.0. The van der Waals surface area contributed by atoms with Crippen LogP contribution in [0.3, 0.4) is 0 Å². The molecule has 156 valence electrons. The fraction of sp³-hybridized carbons (Fsp3) is 0.947. The van der Waals surface area contributed by atoms with E-state index in [9.17, 15) is 0 Å². The van der Waals surface area contributed by atoms with Gasteiger partial charge in [-0.15, -0.1) is 24.0 Å². The number of ether oxygens (including phenoxy) is 1. The number of morpholine rings is 1. The molecule has 0 radical (unpaired) electrons. The maximum Gasteiger partial charge on any atom is 0.191 e. The topological polar surface area (TPSA) is 52.1 Å². The molecule has 0 bridgehead atoms. The molecule has 6 nitrogen and oxygen atoms in total. The van der Waals surface area contributed by atoms with Crippen molar-refractivity contribution in [2.24, 2.45) is 4.99 Å². The number of nitrogens with zero attached hydrogens (tertiary/aromatic N) is 3. The van der Waals surface area contributed by atoms with Crippen molar-refractivity contribution < 1.29 is 4.74 Å². The second-order valence-corrected chi connectivity index (χ2v) is 7.72. The standard InChI is InChI=1S/C19H41N5O.HI/c1-15(2)24(16(3)4)12-10-22-19(20-7)21-9-8-11-23-13-17(5)25-18(6)14-23;/h15-18H,8-14H2,1-7H3,(H2,20,21,22);1H. The fourth-order valence-corrected chi connectivity index (χ4v) is 3.61. The fourth-order valence-electron chi connectivity index (χ4n) is 3.61. The van der Waals surface area contributed by atoms with E-state index in [1.165, 1.54) is 0 Å². The third-order valence-corrected chi connectivity index (χ3v) is 4.65. The Labute approximate surface area is 178 Å². The largest absolute Gasteiger partial charge is 0.373 e. The smallest absolute Gasteiger partial charge is 0.191 e. The Bertz CT molecular complexity index is 374. The van der Waals surface area contributed by atoms with Gasteiger partial charge in [-0.05, 0) is 48.0 Å². The summed E-state index contributed by atoms with van der Waals surface area (Å²) in [7, 11) is 1.84. The molecular weight excluding hydrogens is 441 g/mol. The molecule has 0 aliphatic carbocycles. The van der Waals surface area contributed by atoms with Crippen LogP contribution in [0.2, 0.25) is 0 Å². The second-order valence-electron chi connectivity index (χ2n) is 7.72. The van der Waals surface area contributed by atoms with E-state index < -0.39 is 0 Å². The Morgan fingerprint density at radius 1 is 1.08 bits per heavy atom. The van der Waals surface area contributed by atoms with Crippen molar-refractivity contribution in [1.29, 1.82) is 0 Å². The van der Waals surface area contributed by atoms with E-state index in [0.717, 1.165) is 51.6 Å². The van der Waals surface area contributed by atoms with Gasteiger partial charge < -0.3 is 15.4 Å². The molecule has 2 unspecified atom stereocenters. The molecule has 1 heterocycles. The molecule has 0 aromatic heterocycles. The molecule has 0 spiro atoms. The van der Waals surface area contributed by atoms with E-state index in [4.69, 9.17) is 4.74 Å². The first-order valence-electron chi connectivity index (χ1n) is 9.91. The summed E-state index contributed by atoms with van der Waals surface area (Å²) in [6.07, 6.45) is 1.80. The van der Waals surface area contributed by atoms with Crippen LogP contribution in [0.1, 0.15) is 48.0 Å². The van der Waals surface area contributed by atoms with Gasteiger partial charge in [0.25, 0.3) is 0 Å². The van der Waals surface area contributed by atoms with Gasteiger partial charge in [-0.1, -0.05) is 0 Å². The summed E-state index contributed by atoms with van der Waals surface area (Å²) in [4.78, 5) is 9.31. The zero-order valence-electron chi connectivity index (χ0n) is 17.9. The number of rotatable bonds is 9. The summed E-state index contributed by atoms with van der Waals surface area (Å²) in [6.45, 7) is 19.4. The first-order chi connectivity index (χ1) is 11.8. The highest BCUT2D eigenvalue weighted by atomic mass is 127. The first kappa shape index (κ1) is 25.9. The number of guanidine groups is 1. The molecule has 0 saturated carbocycles. The number of aliphatic imine (C=N–C) groups is 1. The van der Waals surface area contributed by atoms with Gasteiger partial charge in [0.2, 0.25) is 0 Å². The van der Waals surface area contributed by atoms with Gasteiger partial charge in [0.1, 0.15) is 0 Å². The number of nitrogens with one attached hydrogen (secondary N) is 2. The SMILES string of the molecule is CN=C(NCCCN1CC(C)OC(C)C1)NCCN(C(C)C)C(C)C.I. The van der Waals surface area contributed by atoms with Crippen LogP contribution in [0.5, 0.6) is 0 Å². The maximum atomic E-state index is 5.78. The minimum Gasteiger partial charge on any atom is -0.373 e. The molecule has 1 saturated heterocycles. The number of hydrogen-bond donors (Lipinski definition) is 2. The van der Waals surface area contributed by atoms with Crippen molar-refractivity contribution in [2.75, 3.05) is 46.3 Å². The monoisotopic (exact) mass is 483 g/mol. The predicted octanol–water partition coefficient (Wildman–Crippen LogP) is 2.39. The lowest BCUT2D eigenvalue weighted by Gasteiger charge is -2.35. The van der Waals surface area contributed by atoms with Crippen molar-refractivity contribution in [3.05, 3.63) is 0 Å². The highest BCUT2D eigenvalue weighted by Crippen LogP contribution is 2.10. The normalized spacial score (nSPS) is 22.0. The van der Waals surface area contributed by atoms with Gasteiger partial charge in [0.05, 0.1) is 12.2 Å². The minimum absolute atomic E-state index is 0. The lowest BCUT2D eigenvalue weighted by atomic mass is 10.2.